The zero-order chi connectivity index (χ0) is 21.5. The Bertz CT molecular complexity index is 1150. The van der Waals surface area contributed by atoms with Gasteiger partial charge >= 0.3 is 5.97 Å². The topological polar surface area (TPSA) is 54.6 Å². The fraction of sp³-hybridized carbons (Fsp3) is 0.423. The average molecular weight is 419 g/mol. The predicted molar refractivity (Wildman–Crippen MR) is 122 cm³/mol. The second kappa shape index (κ2) is 8.04. The highest BCUT2D eigenvalue weighted by Crippen LogP contribution is 2.42. The SMILES string of the molecule is CCCc1[nH]c2ccc3c(c2c1C(=O)OCC)CN1CCc2cc(OC)ccc2C1C3. The number of aromatic nitrogens is 1. The largest absolute Gasteiger partial charge is 0.497 e. The van der Waals surface area contributed by atoms with E-state index in [0.717, 1.165) is 66.7 Å². The van der Waals surface area contributed by atoms with Crippen molar-refractivity contribution in [2.24, 2.45) is 0 Å². The minimum atomic E-state index is -0.205. The summed E-state index contributed by atoms with van der Waals surface area (Å²) in [4.78, 5) is 19.0. The van der Waals surface area contributed by atoms with Crippen molar-refractivity contribution in [3.8, 4) is 5.75 Å². The quantitative estimate of drug-likeness (QED) is 0.595. The molecule has 1 atom stereocenters. The van der Waals surface area contributed by atoms with Crippen molar-refractivity contribution < 1.29 is 14.3 Å². The summed E-state index contributed by atoms with van der Waals surface area (Å²) in [6.45, 7) is 6.27. The second-order valence-electron chi connectivity index (χ2n) is 8.58. The van der Waals surface area contributed by atoms with E-state index in [2.05, 4.69) is 47.1 Å². The Labute approximate surface area is 183 Å². The number of aromatic amines is 1. The van der Waals surface area contributed by atoms with Gasteiger partial charge in [0.1, 0.15) is 5.75 Å². The second-order valence-corrected chi connectivity index (χ2v) is 8.58. The van der Waals surface area contributed by atoms with Crippen molar-refractivity contribution in [1.29, 1.82) is 0 Å². The molecule has 0 spiro atoms. The molecule has 0 bridgehead atoms. The summed E-state index contributed by atoms with van der Waals surface area (Å²) in [6.07, 6.45) is 3.81. The van der Waals surface area contributed by atoms with Crippen LogP contribution in [0, 0.1) is 0 Å². The molecule has 1 unspecified atom stereocenters. The molecule has 5 heteroatoms. The van der Waals surface area contributed by atoms with Crippen LogP contribution in [-0.2, 0) is 30.5 Å². The first-order valence-electron chi connectivity index (χ1n) is 11.4. The van der Waals surface area contributed by atoms with E-state index in [1.807, 2.05) is 6.92 Å². The molecule has 2 aromatic carbocycles. The summed E-state index contributed by atoms with van der Waals surface area (Å²) < 4.78 is 10.9. The summed E-state index contributed by atoms with van der Waals surface area (Å²) >= 11 is 0. The maximum Gasteiger partial charge on any atom is 0.340 e. The normalized spacial score (nSPS) is 17.7. The highest BCUT2D eigenvalue weighted by molar-refractivity contribution is 6.07. The maximum absolute atomic E-state index is 12.9. The zero-order valence-electron chi connectivity index (χ0n) is 18.6. The number of H-pyrrole nitrogens is 1. The molecule has 3 aromatic rings. The molecule has 0 saturated carbocycles. The number of esters is 1. The van der Waals surface area contributed by atoms with Crippen molar-refractivity contribution in [3.63, 3.8) is 0 Å². The predicted octanol–water partition coefficient (Wildman–Crippen LogP) is 4.96. The van der Waals surface area contributed by atoms with Gasteiger partial charge < -0.3 is 14.5 Å². The van der Waals surface area contributed by atoms with Crippen LogP contribution in [0.4, 0.5) is 0 Å². The third kappa shape index (κ3) is 3.32. The summed E-state index contributed by atoms with van der Waals surface area (Å²) in [7, 11) is 1.73. The third-order valence-electron chi connectivity index (χ3n) is 6.82. The van der Waals surface area contributed by atoms with Crippen LogP contribution in [-0.4, -0.2) is 36.1 Å². The van der Waals surface area contributed by atoms with Crippen LogP contribution in [0.15, 0.2) is 30.3 Å². The third-order valence-corrected chi connectivity index (χ3v) is 6.82. The number of methoxy groups -OCH3 is 1. The van der Waals surface area contributed by atoms with Crippen LogP contribution < -0.4 is 4.74 Å². The van der Waals surface area contributed by atoms with Gasteiger partial charge in [-0.25, -0.2) is 4.79 Å². The summed E-state index contributed by atoms with van der Waals surface area (Å²) in [5.41, 5.74) is 8.22. The highest BCUT2D eigenvalue weighted by Gasteiger charge is 2.34. The van der Waals surface area contributed by atoms with Crippen molar-refractivity contribution in [3.05, 3.63) is 63.8 Å². The average Bonchev–Trinajstić information content (AvgIpc) is 3.16. The van der Waals surface area contributed by atoms with E-state index in [1.54, 1.807) is 7.11 Å². The first-order chi connectivity index (χ1) is 15.1. The number of ether oxygens (including phenoxy) is 2. The van der Waals surface area contributed by atoms with E-state index < -0.39 is 0 Å². The van der Waals surface area contributed by atoms with Crippen LogP contribution in [0.2, 0.25) is 0 Å². The van der Waals surface area contributed by atoms with E-state index in [4.69, 9.17) is 9.47 Å². The van der Waals surface area contributed by atoms with E-state index in [9.17, 15) is 4.79 Å². The van der Waals surface area contributed by atoms with Gasteiger partial charge in [0.2, 0.25) is 0 Å². The first-order valence-corrected chi connectivity index (χ1v) is 11.4. The van der Waals surface area contributed by atoms with Gasteiger partial charge in [-0.05, 0) is 66.6 Å². The summed E-state index contributed by atoms with van der Waals surface area (Å²) in [5.74, 6) is 0.726. The van der Waals surface area contributed by atoms with Gasteiger partial charge in [-0.3, -0.25) is 4.90 Å². The van der Waals surface area contributed by atoms with Crippen LogP contribution in [0.1, 0.15) is 64.6 Å². The summed E-state index contributed by atoms with van der Waals surface area (Å²) in [6, 6.07) is 11.3. The zero-order valence-corrected chi connectivity index (χ0v) is 18.6. The van der Waals surface area contributed by atoms with Gasteiger partial charge in [-0.1, -0.05) is 25.5 Å². The minimum absolute atomic E-state index is 0.205. The van der Waals surface area contributed by atoms with E-state index >= 15 is 0 Å². The lowest BCUT2D eigenvalue weighted by Crippen LogP contribution is -2.39. The number of aryl methyl sites for hydroxylation is 1. The highest BCUT2D eigenvalue weighted by atomic mass is 16.5. The smallest absolute Gasteiger partial charge is 0.340 e. The van der Waals surface area contributed by atoms with Gasteiger partial charge in [0.05, 0.1) is 19.3 Å². The molecule has 1 N–H and O–H groups in total. The molecule has 31 heavy (non-hydrogen) atoms. The molecular weight excluding hydrogens is 388 g/mol. The van der Waals surface area contributed by atoms with Gasteiger partial charge in [0.15, 0.2) is 0 Å². The van der Waals surface area contributed by atoms with Crippen LogP contribution in [0.25, 0.3) is 10.9 Å². The maximum atomic E-state index is 12.9. The Morgan fingerprint density at radius 2 is 2.06 bits per heavy atom. The molecular formula is C26H30N2O3. The van der Waals surface area contributed by atoms with Gasteiger partial charge in [-0.15, -0.1) is 0 Å². The monoisotopic (exact) mass is 418 g/mol. The van der Waals surface area contributed by atoms with Crippen LogP contribution in [0.3, 0.4) is 0 Å². The van der Waals surface area contributed by atoms with Crippen LogP contribution >= 0.6 is 0 Å². The fourth-order valence-electron chi connectivity index (χ4n) is 5.40. The molecule has 0 radical (unpaired) electrons. The summed E-state index contributed by atoms with van der Waals surface area (Å²) in [5, 5.41) is 1.07. The number of nitrogens with one attached hydrogen (secondary N) is 1. The molecule has 2 aliphatic heterocycles. The molecule has 0 aliphatic carbocycles. The number of carbonyl (C=O) groups is 1. The molecule has 0 saturated heterocycles. The number of benzene rings is 2. The molecule has 5 rings (SSSR count). The Morgan fingerprint density at radius 1 is 1.19 bits per heavy atom. The Morgan fingerprint density at radius 3 is 2.84 bits per heavy atom. The molecule has 1 aromatic heterocycles. The van der Waals surface area contributed by atoms with Crippen molar-refractivity contribution >= 4 is 16.9 Å². The molecule has 0 fully saturated rings. The standard InChI is InChI=1S/C26H30N2O3/c1-4-6-21-25(26(29)31-5-2)24-20-15-28-12-11-17-13-18(30-3)8-9-19(17)23(28)14-16(20)7-10-22(24)27-21/h7-10,13,23,27H,4-6,11-12,14-15H2,1-3H3. The molecule has 5 nitrogen and oxygen atoms in total. The van der Waals surface area contributed by atoms with Crippen LogP contribution in [0.5, 0.6) is 5.75 Å². The Balaban J connectivity index is 1.61. The minimum Gasteiger partial charge on any atom is -0.497 e. The van der Waals surface area contributed by atoms with Gasteiger partial charge in [-0.2, -0.15) is 0 Å². The van der Waals surface area contributed by atoms with Crippen molar-refractivity contribution in [2.75, 3.05) is 20.3 Å². The number of hydrogen-bond acceptors (Lipinski definition) is 4. The number of hydrogen-bond donors (Lipinski definition) is 1. The molecule has 0 amide bonds. The molecule has 2 aliphatic rings. The van der Waals surface area contributed by atoms with Gasteiger partial charge in [0, 0.05) is 35.7 Å². The molecule has 3 heterocycles. The first kappa shape index (κ1) is 20.1. The number of carbonyl (C=O) groups excluding carboxylic acids is 1. The van der Waals surface area contributed by atoms with Crippen molar-refractivity contribution in [1.82, 2.24) is 9.88 Å². The molecule has 162 valence electrons. The number of nitrogens with zero attached hydrogens (tertiary/aromatic N) is 1. The lowest BCUT2D eigenvalue weighted by atomic mass is 9.82. The van der Waals surface area contributed by atoms with Gasteiger partial charge in [0.25, 0.3) is 0 Å². The lowest BCUT2D eigenvalue weighted by Gasteiger charge is -2.41. The van der Waals surface area contributed by atoms with Crippen molar-refractivity contribution in [2.45, 2.75) is 52.1 Å². The van der Waals surface area contributed by atoms with E-state index in [-0.39, 0.29) is 5.97 Å². The Kier molecular flexibility index (Phi) is 5.22. The number of fused-ring (bicyclic) bond motifs is 6. The van der Waals surface area contributed by atoms with E-state index in [1.165, 1.54) is 22.3 Å². The fourth-order valence-corrected chi connectivity index (χ4v) is 5.40. The van der Waals surface area contributed by atoms with E-state index in [0.29, 0.717) is 12.6 Å². The lowest BCUT2D eigenvalue weighted by molar-refractivity contribution is 0.0527. The Hall–Kier alpha value is -2.79. The number of rotatable bonds is 5.